The van der Waals surface area contributed by atoms with Crippen LogP contribution in [-0.2, 0) is 19.1 Å². The van der Waals surface area contributed by atoms with Crippen molar-refractivity contribution in [1.29, 1.82) is 0 Å². The maximum Gasteiger partial charge on any atom is 0.307 e. The van der Waals surface area contributed by atoms with Gasteiger partial charge in [-0.1, -0.05) is 0 Å². The highest BCUT2D eigenvalue weighted by Gasteiger charge is 2.43. The molecule has 2 aromatic carbocycles. The van der Waals surface area contributed by atoms with Gasteiger partial charge in [-0.3, -0.25) is 28.8 Å². The van der Waals surface area contributed by atoms with Crippen molar-refractivity contribution in [2.45, 2.75) is 13.3 Å². The van der Waals surface area contributed by atoms with E-state index in [0.717, 1.165) is 0 Å². The maximum absolute atomic E-state index is 12.8. The molecule has 0 spiro atoms. The average Bonchev–Trinajstić information content (AvgIpc) is 3.22. The van der Waals surface area contributed by atoms with E-state index in [0.29, 0.717) is 6.29 Å². The van der Waals surface area contributed by atoms with E-state index in [2.05, 4.69) is 5.32 Å². The number of nitrogens with one attached hydrogen (secondary N) is 1. The predicted octanol–water partition coefficient (Wildman–Crippen LogP) is 1.74. The van der Waals surface area contributed by atoms with Gasteiger partial charge in [0.25, 0.3) is 0 Å². The van der Waals surface area contributed by atoms with Gasteiger partial charge in [0.2, 0.25) is 5.91 Å². The van der Waals surface area contributed by atoms with Gasteiger partial charge in [0.15, 0.2) is 29.1 Å². The largest absolute Gasteiger partial charge is 0.466 e. The van der Waals surface area contributed by atoms with Crippen LogP contribution in [0.25, 0.3) is 0 Å². The molecule has 0 aliphatic heterocycles. The molecule has 0 radical (unpaired) electrons. The summed E-state index contributed by atoms with van der Waals surface area (Å²) in [5.74, 6) is -6.44. The van der Waals surface area contributed by atoms with E-state index in [9.17, 15) is 33.6 Å². The second-order valence-corrected chi connectivity index (χ2v) is 7.87. The van der Waals surface area contributed by atoms with Crippen molar-refractivity contribution < 1.29 is 43.0 Å². The number of carbonyl (C=O) groups is 7. The van der Waals surface area contributed by atoms with Gasteiger partial charge in [-0.05, 0) is 43.3 Å². The predicted molar refractivity (Wildman–Crippen MR) is 118 cm³/mol. The summed E-state index contributed by atoms with van der Waals surface area (Å²) in [6.45, 7) is 1.77. The van der Waals surface area contributed by atoms with Crippen molar-refractivity contribution in [1.82, 2.24) is 5.32 Å². The molecule has 2 atom stereocenters. The summed E-state index contributed by atoms with van der Waals surface area (Å²) in [4.78, 5) is 84.7. The topological polar surface area (TPSA) is 150 Å². The first-order chi connectivity index (χ1) is 16.8. The van der Waals surface area contributed by atoms with E-state index in [1.54, 1.807) is 6.92 Å². The van der Waals surface area contributed by atoms with E-state index in [-0.39, 0.29) is 53.3 Å². The lowest BCUT2D eigenvalue weighted by Crippen LogP contribution is -2.37. The summed E-state index contributed by atoms with van der Waals surface area (Å²) in [5, 5.41) is 2.41. The molecule has 2 aliphatic rings. The van der Waals surface area contributed by atoms with E-state index >= 15 is 0 Å². The molecule has 0 bridgehead atoms. The van der Waals surface area contributed by atoms with Gasteiger partial charge in [-0.15, -0.1) is 0 Å². The fourth-order valence-electron chi connectivity index (χ4n) is 4.02. The third kappa shape index (κ3) is 4.25. The van der Waals surface area contributed by atoms with Crippen LogP contribution in [-0.4, -0.2) is 54.4 Å². The Kier molecular flexibility index (Phi) is 6.37. The Morgan fingerprint density at radius 2 is 1.40 bits per heavy atom. The Hall–Kier alpha value is -4.47. The molecule has 10 nitrogen and oxygen atoms in total. The number of hydrogen-bond acceptors (Lipinski definition) is 9. The number of carbonyl (C=O) groups excluding carboxylic acids is 7. The molecule has 2 aromatic rings. The third-order valence-corrected chi connectivity index (χ3v) is 5.70. The molecule has 2 aliphatic carbocycles. The number of benzene rings is 2. The molecule has 0 aromatic heterocycles. The first-order valence-electron chi connectivity index (χ1n) is 10.8. The lowest BCUT2D eigenvalue weighted by atomic mass is 10.0. The highest BCUT2D eigenvalue weighted by atomic mass is 16.5. The van der Waals surface area contributed by atoms with Gasteiger partial charge in [0, 0.05) is 28.8 Å². The van der Waals surface area contributed by atoms with Crippen LogP contribution in [0.3, 0.4) is 0 Å². The van der Waals surface area contributed by atoms with Crippen molar-refractivity contribution in [3.05, 3.63) is 58.7 Å². The Morgan fingerprint density at radius 3 is 2.00 bits per heavy atom. The highest BCUT2D eigenvalue weighted by molar-refractivity contribution is 6.35. The zero-order valence-corrected chi connectivity index (χ0v) is 18.5. The third-order valence-electron chi connectivity index (χ3n) is 5.70. The van der Waals surface area contributed by atoms with Crippen molar-refractivity contribution in [3.63, 3.8) is 0 Å². The van der Waals surface area contributed by atoms with Gasteiger partial charge in [0.05, 0.1) is 13.0 Å². The van der Waals surface area contributed by atoms with E-state index in [1.165, 1.54) is 36.4 Å². The van der Waals surface area contributed by atoms with Gasteiger partial charge in [-0.2, -0.15) is 0 Å². The minimum atomic E-state index is -1.56. The zero-order chi connectivity index (χ0) is 25.3. The minimum absolute atomic E-state index is 0.00600. The first kappa shape index (κ1) is 23.7. The summed E-state index contributed by atoms with van der Waals surface area (Å²) < 4.78 is 10.5. The lowest BCUT2D eigenvalue weighted by Gasteiger charge is -2.08. The molecule has 2 unspecified atom stereocenters. The van der Waals surface area contributed by atoms with Gasteiger partial charge < -0.3 is 19.6 Å². The number of ketones is 4. The highest BCUT2D eigenvalue weighted by Crippen LogP contribution is 2.34. The van der Waals surface area contributed by atoms with Crippen LogP contribution in [0.15, 0.2) is 36.4 Å². The van der Waals surface area contributed by atoms with Crippen LogP contribution in [0.4, 0.5) is 0 Å². The number of Topliss-reactive ketones (excluding diaryl/α,β-unsaturated/α-hetero) is 4. The Balaban J connectivity index is 1.48. The second-order valence-electron chi connectivity index (χ2n) is 7.87. The molecule has 0 heterocycles. The van der Waals surface area contributed by atoms with Crippen LogP contribution in [0.1, 0.15) is 54.8 Å². The molecule has 1 N–H and O–H groups in total. The number of esters is 1. The Morgan fingerprint density at radius 1 is 0.857 bits per heavy atom. The fraction of sp³-hybridized carbons (Fsp3) is 0.240. The lowest BCUT2D eigenvalue weighted by molar-refractivity contribution is -0.143. The monoisotopic (exact) mass is 477 g/mol. The quantitative estimate of drug-likeness (QED) is 0.341. The molecule has 0 saturated carbocycles. The van der Waals surface area contributed by atoms with Gasteiger partial charge >= 0.3 is 5.97 Å². The Bertz CT molecular complexity index is 1310. The molecule has 0 fully saturated rings. The summed E-state index contributed by atoms with van der Waals surface area (Å²) >= 11 is 0. The molecular weight excluding hydrogens is 458 g/mol. The van der Waals surface area contributed by atoms with Gasteiger partial charge in [-0.25, -0.2) is 0 Å². The van der Waals surface area contributed by atoms with Crippen molar-refractivity contribution in [3.8, 4) is 11.5 Å². The number of rotatable bonds is 8. The molecular formula is C25H19NO9. The normalized spacial score (nSPS) is 18.2. The van der Waals surface area contributed by atoms with Crippen LogP contribution in [0, 0.1) is 11.8 Å². The number of ether oxygens (including phenoxy) is 2. The van der Waals surface area contributed by atoms with Crippen LogP contribution in [0.2, 0.25) is 0 Å². The van der Waals surface area contributed by atoms with Crippen LogP contribution >= 0.6 is 0 Å². The molecule has 178 valence electrons. The first-order valence-corrected chi connectivity index (χ1v) is 10.8. The summed E-state index contributed by atoms with van der Waals surface area (Å²) in [6.07, 6.45) is 0.208. The van der Waals surface area contributed by atoms with Crippen molar-refractivity contribution in [2.24, 2.45) is 11.8 Å². The minimum Gasteiger partial charge on any atom is -0.466 e. The number of hydrogen-bond donors (Lipinski definition) is 1. The smallest absolute Gasteiger partial charge is 0.307 e. The standard InChI is InChI=1S/C25H19NO9/c1-2-34-19(28)7-8-26-25(33)20-23(31)15-6-4-13(10-17(15)24(20)32)35-12-3-5-14-16(9-12)22(30)18(11-27)21(14)29/h3-6,9-11,18,20H,2,7-8H2,1H3,(H,26,33). The number of fused-ring (bicyclic) bond motifs is 2. The number of aldehydes is 1. The molecule has 0 saturated heterocycles. The number of amides is 1. The molecule has 10 heteroatoms. The second kappa shape index (κ2) is 9.41. The molecule has 1 amide bonds. The van der Waals surface area contributed by atoms with Crippen LogP contribution in [0.5, 0.6) is 11.5 Å². The Labute approximate surface area is 198 Å². The van der Waals surface area contributed by atoms with E-state index in [4.69, 9.17) is 9.47 Å². The van der Waals surface area contributed by atoms with Crippen molar-refractivity contribution in [2.75, 3.05) is 13.2 Å². The van der Waals surface area contributed by atoms with Crippen molar-refractivity contribution >= 4 is 41.3 Å². The summed E-state index contributed by atoms with van der Waals surface area (Å²) in [5.41, 5.74) is 0.269. The van der Waals surface area contributed by atoms with Gasteiger partial charge in [0.1, 0.15) is 23.7 Å². The zero-order valence-electron chi connectivity index (χ0n) is 18.5. The summed E-state index contributed by atoms with van der Waals surface area (Å²) in [6, 6.07) is 8.26. The fourth-order valence-corrected chi connectivity index (χ4v) is 4.02. The summed E-state index contributed by atoms with van der Waals surface area (Å²) in [7, 11) is 0. The SMILES string of the molecule is CCOC(=O)CCNC(=O)C1C(=O)c2ccc(Oc3ccc4c(c3)C(=O)C(C=O)C4=O)cc2C1=O. The maximum atomic E-state index is 12.8. The molecule has 4 rings (SSSR count). The van der Waals surface area contributed by atoms with E-state index in [1.807, 2.05) is 0 Å². The molecule has 35 heavy (non-hydrogen) atoms. The van der Waals surface area contributed by atoms with Crippen LogP contribution < -0.4 is 10.1 Å². The average molecular weight is 477 g/mol. The van der Waals surface area contributed by atoms with E-state index < -0.39 is 46.8 Å².